The number of hydrogen-bond donors (Lipinski definition) is 1. The van der Waals surface area contributed by atoms with Crippen LogP contribution in [0.3, 0.4) is 0 Å². The number of benzene rings is 1. The molecule has 3 rings (SSSR count). The highest BCUT2D eigenvalue weighted by Gasteiger charge is 2.33. The van der Waals surface area contributed by atoms with Crippen molar-refractivity contribution in [3.63, 3.8) is 0 Å². The second kappa shape index (κ2) is 7.43. The zero-order chi connectivity index (χ0) is 18.7. The first kappa shape index (κ1) is 18.4. The quantitative estimate of drug-likeness (QED) is 0.662. The second-order valence-electron chi connectivity index (χ2n) is 6.80. The molecule has 0 spiro atoms. The monoisotopic (exact) mass is 355 g/mol. The third-order valence-electron chi connectivity index (χ3n) is 4.54. The Bertz CT molecular complexity index is 816. The number of hydrazone groups is 1. The first-order valence-corrected chi connectivity index (χ1v) is 8.74. The van der Waals surface area contributed by atoms with Gasteiger partial charge in [0.05, 0.1) is 25.8 Å². The molecule has 2 heterocycles. The van der Waals surface area contributed by atoms with Gasteiger partial charge in [-0.05, 0) is 45.9 Å². The minimum Gasteiger partial charge on any atom is -0.347 e. The lowest BCUT2D eigenvalue weighted by molar-refractivity contribution is -0.159. The molecule has 0 radical (unpaired) electrons. The Hall–Kier alpha value is -2.44. The van der Waals surface area contributed by atoms with Gasteiger partial charge in [-0.25, -0.2) is 5.43 Å². The van der Waals surface area contributed by atoms with E-state index in [1.54, 1.807) is 13.1 Å². The molecule has 1 aromatic carbocycles. The van der Waals surface area contributed by atoms with Gasteiger partial charge >= 0.3 is 0 Å². The molecule has 2 aromatic rings. The average molecular weight is 355 g/mol. The molecule has 1 amide bonds. The van der Waals surface area contributed by atoms with Crippen LogP contribution in [0.1, 0.15) is 35.9 Å². The highest BCUT2D eigenvalue weighted by Crippen LogP contribution is 2.22. The highest BCUT2D eigenvalue weighted by molar-refractivity contribution is 5.84. The van der Waals surface area contributed by atoms with Gasteiger partial charge in [-0.2, -0.15) is 5.10 Å². The number of aryl methyl sites for hydroxylation is 2. The van der Waals surface area contributed by atoms with Crippen LogP contribution in [-0.2, 0) is 14.3 Å². The summed E-state index contributed by atoms with van der Waals surface area (Å²) in [5.74, 6) is -1.08. The molecule has 0 aliphatic carbocycles. The summed E-state index contributed by atoms with van der Waals surface area (Å²) in [6.07, 6.45) is 1.79. The molecule has 0 saturated carbocycles. The van der Waals surface area contributed by atoms with Gasteiger partial charge in [0.2, 0.25) is 5.91 Å². The zero-order valence-corrected chi connectivity index (χ0v) is 15.7. The van der Waals surface area contributed by atoms with Gasteiger partial charge in [-0.3, -0.25) is 4.79 Å². The average Bonchev–Trinajstić information content (AvgIpc) is 3.12. The number of aromatic nitrogens is 1. The van der Waals surface area contributed by atoms with E-state index in [2.05, 4.69) is 59.3 Å². The lowest BCUT2D eigenvalue weighted by Crippen LogP contribution is -2.33. The molecule has 1 N–H and O–H groups in total. The van der Waals surface area contributed by atoms with E-state index in [-0.39, 0.29) is 12.3 Å². The van der Waals surface area contributed by atoms with Crippen molar-refractivity contribution in [3.8, 4) is 5.69 Å². The van der Waals surface area contributed by atoms with Gasteiger partial charge < -0.3 is 14.0 Å². The molecule has 138 valence electrons. The van der Waals surface area contributed by atoms with E-state index in [9.17, 15) is 4.79 Å². The van der Waals surface area contributed by atoms with Crippen LogP contribution in [0.15, 0.2) is 35.4 Å². The van der Waals surface area contributed by atoms with Crippen LogP contribution < -0.4 is 5.43 Å². The molecule has 1 aromatic heterocycles. The Morgan fingerprint density at radius 2 is 1.88 bits per heavy atom. The summed E-state index contributed by atoms with van der Waals surface area (Å²) in [7, 11) is 0. The third kappa shape index (κ3) is 4.03. The van der Waals surface area contributed by atoms with Crippen molar-refractivity contribution in [2.24, 2.45) is 5.10 Å². The molecule has 1 aliphatic rings. The number of rotatable bonds is 5. The Labute approximate surface area is 153 Å². The molecule has 0 bridgehead atoms. The third-order valence-corrected chi connectivity index (χ3v) is 4.54. The lowest BCUT2D eigenvalue weighted by Gasteiger charge is -2.20. The Balaban J connectivity index is 1.68. The molecule has 1 saturated heterocycles. The van der Waals surface area contributed by atoms with E-state index < -0.39 is 5.79 Å². The Morgan fingerprint density at radius 1 is 1.23 bits per heavy atom. The minimum atomic E-state index is -0.846. The van der Waals surface area contributed by atoms with Crippen LogP contribution in [0.2, 0.25) is 0 Å². The van der Waals surface area contributed by atoms with Crippen molar-refractivity contribution in [1.29, 1.82) is 0 Å². The number of carbonyl (C=O) groups excluding carboxylic acids is 1. The van der Waals surface area contributed by atoms with Gasteiger partial charge in [-0.1, -0.05) is 17.7 Å². The molecular weight excluding hydrogens is 330 g/mol. The van der Waals surface area contributed by atoms with Crippen LogP contribution >= 0.6 is 0 Å². The van der Waals surface area contributed by atoms with Crippen molar-refractivity contribution in [1.82, 2.24) is 9.99 Å². The van der Waals surface area contributed by atoms with Crippen molar-refractivity contribution in [2.75, 3.05) is 13.2 Å². The number of hydrogen-bond acceptors (Lipinski definition) is 4. The van der Waals surface area contributed by atoms with Crippen molar-refractivity contribution < 1.29 is 14.3 Å². The largest absolute Gasteiger partial charge is 0.347 e. The van der Waals surface area contributed by atoms with Crippen LogP contribution in [0.4, 0.5) is 0 Å². The highest BCUT2D eigenvalue weighted by atomic mass is 16.7. The maximum absolute atomic E-state index is 12.0. The molecule has 1 aliphatic heterocycles. The predicted molar refractivity (Wildman–Crippen MR) is 101 cm³/mol. The van der Waals surface area contributed by atoms with Gasteiger partial charge in [0.1, 0.15) is 0 Å². The number of carbonyl (C=O) groups is 1. The molecule has 0 atom stereocenters. The first-order chi connectivity index (χ1) is 12.4. The summed E-state index contributed by atoms with van der Waals surface area (Å²) < 4.78 is 13.0. The van der Waals surface area contributed by atoms with E-state index in [1.165, 1.54) is 5.56 Å². The van der Waals surface area contributed by atoms with Gasteiger partial charge in [-0.15, -0.1) is 0 Å². The molecule has 0 unspecified atom stereocenters. The number of nitrogens with zero attached hydrogens (tertiary/aromatic N) is 2. The molecule has 6 heteroatoms. The lowest BCUT2D eigenvalue weighted by atomic mass is 10.2. The van der Waals surface area contributed by atoms with Crippen molar-refractivity contribution in [3.05, 3.63) is 52.8 Å². The first-order valence-electron chi connectivity index (χ1n) is 8.74. The van der Waals surface area contributed by atoms with Crippen LogP contribution in [0.25, 0.3) is 5.69 Å². The summed E-state index contributed by atoms with van der Waals surface area (Å²) in [6.45, 7) is 8.95. The van der Waals surface area contributed by atoms with Crippen LogP contribution in [0, 0.1) is 20.8 Å². The molecule has 26 heavy (non-hydrogen) atoms. The summed E-state index contributed by atoms with van der Waals surface area (Å²) in [5.41, 5.74) is 8.02. The maximum atomic E-state index is 12.0. The van der Waals surface area contributed by atoms with Crippen LogP contribution in [-0.4, -0.2) is 35.7 Å². The van der Waals surface area contributed by atoms with E-state index in [0.29, 0.717) is 13.2 Å². The summed E-state index contributed by atoms with van der Waals surface area (Å²) in [6, 6.07) is 10.4. The van der Waals surface area contributed by atoms with Crippen LogP contribution in [0.5, 0.6) is 0 Å². The fourth-order valence-corrected chi connectivity index (χ4v) is 3.17. The van der Waals surface area contributed by atoms with Gasteiger partial charge in [0.25, 0.3) is 0 Å². The summed E-state index contributed by atoms with van der Waals surface area (Å²) in [5, 5.41) is 4.09. The molecular formula is C20H25N3O3. The normalized spacial score (nSPS) is 16.3. The zero-order valence-electron chi connectivity index (χ0n) is 15.7. The number of amides is 1. The van der Waals surface area contributed by atoms with E-state index in [1.807, 2.05) is 6.92 Å². The van der Waals surface area contributed by atoms with Crippen molar-refractivity contribution >= 4 is 12.1 Å². The summed E-state index contributed by atoms with van der Waals surface area (Å²) >= 11 is 0. The maximum Gasteiger partial charge on any atom is 0.245 e. The predicted octanol–water partition coefficient (Wildman–Crippen LogP) is 3.01. The number of nitrogens with one attached hydrogen (secondary N) is 1. The van der Waals surface area contributed by atoms with E-state index >= 15 is 0 Å². The van der Waals surface area contributed by atoms with Gasteiger partial charge in [0.15, 0.2) is 5.79 Å². The molecule has 6 nitrogen and oxygen atoms in total. The van der Waals surface area contributed by atoms with E-state index in [4.69, 9.17) is 9.47 Å². The Morgan fingerprint density at radius 3 is 2.54 bits per heavy atom. The fourth-order valence-electron chi connectivity index (χ4n) is 3.17. The fraction of sp³-hybridized carbons (Fsp3) is 0.400. The van der Waals surface area contributed by atoms with Gasteiger partial charge in [0, 0.05) is 22.6 Å². The standard InChI is InChI=1S/C20H25N3O3/c1-14-5-7-18(8-6-14)23-15(2)11-17(16(23)3)13-21-22-19(24)12-20(4)25-9-10-26-20/h5-8,11,13H,9-10,12H2,1-4H3,(H,22,24)/b21-13+. The minimum absolute atomic E-state index is 0.118. The summed E-state index contributed by atoms with van der Waals surface area (Å²) in [4.78, 5) is 12.0. The smallest absolute Gasteiger partial charge is 0.245 e. The topological polar surface area (TPSA) is 64.9 Å². The molecule has 1 fully saturated rings. The SMILES string of the molecule is Cc1ccc(-n2c(C)cc(/C=N/NC(=O)CC3(C)OCCO3)c2C)cc1. The number of ether oxygens (including phenoxy) is 2. The van der Waals surface area contributed by atoms with Crippen molar-refractivity contribution in [2.45, 2.75) is 39.9 Å². The Kier molecular flexibility index (Phi) is 5.25. The second-order valence-corrected chi connectivity index (χ2v) is 6.80. The van der Waals surface area contributed by atoms with E-state index in [0.717, 1.165) is 22.6 Å².